The van der Waals surface area contributed by atoms with Gasteiger partial charge in [0.2, 0.25) is 5.95 Å². The second-order valence-electron chi connectivity index (χ2n) is 3.86. The van der Waals surface area contributed by atoms with E-state index in [1.807, 2.05) is 37.3 Å². The van der Waals surface area contributed by atoms with Crippen LogP contribution in [0.15, 0.2) is 30.3 Å². The normalized spacial score (nSPS) is 10.5. The number of nitrogens with zero attached hydrogens (tertiary/aromatic N) is 2. The highest BCUT2D eigenvalue weighted by molar-refractivity contribution is 5.61. The Morgan fingerprint density at radius 2 is 2.00 bits per heavy atom. The van der Waals surface area contributed by atoms with Crippen LogP contribution in [0.25, 0.3) is 11.3 Å². The Hall–Kier alpha value is -1.94. The summed E-state index contributed by atoms with van der Waals surface area (Å²) in [5, 5.41) is 0. The lowest BCUT2D eigenvalue weighted by molar-refractivity contribution is 1.01. The number of nitrogen functional groups attached to an aromatic ring is 1. The highest BCUT2D eigenvalue weighted by Gasteiger charge is 2.04. The molecule has 0 saturated heterocycles. The lowest BCUT2D eigenvalue weighted by Gasteiger charge is -2.06. The fraction of sp³-hybridized carbons (Fsp3) is 0.231. The minimum absolute atomic E-state index is 0.317. The molecule has 0 fully saturated rings. The molecule has 4 nitrogen and oxygen atoms in total. The third-order valence-electron chi connectivity index (χ3n) is 2.62. The van der Waals surface area contributed by atoms with Crippen LogP contribution in [0.2, 0.25) is 0 Å². The van der Waals surface area contributed by atoms with Gasteiger partial charge in [-0.05, 0) is 24.1 Å². The number of hydrogen-bond donors (Lipinski definition) is 2. The summed E-state index contributed by atoms with van der Waals surface area (Å²) in [7, 11) is 0. The predicted molar refractivity (Wildman–Crippen MR) is 69.1 cm³/mol. The largest absolute Gasteiger partial charge is 0.368 e. The van der Waals surface area contributed by atoms with Crippen molar-refractivity contribution in [1.82, 2.24) is 9.97 Å². The monoisotopic (exact) mass is 228 g/mol. The van der Waals surface area contributed by atoms with Crippen LogP contribution in [0.5, 0.6) is 0 Å². The molecule has 0 radical (unpaired) electrons. The summed E-state index contributed by atoms with van der Waals surface area (Å²) in [6.07, 6.45) is 0.844. The number of hydrogen-bond acceptors (Lipinski definition) is 4. The molecule has 0 spiro atoms. The molecule has 2 aromatic rings. The Bertz CT molecular complexity index is 523. The second-order valence-corrected chi connectivity index (χ2v) is 3.86. The van der Waals surface area contributed by atoms with Crippen LogP contribution in [0.1, 0.15) is 18.2 Å². The van der Waals surface area contributed by atoms with Gasteiger partial charge in [0.05, 0.1) is 5.69 Å². The average molecular weight is 228 g/mol. The van der Waals surface area contributed by atoms with Crippen molar-refractivity contribution in [2.24, 2.45) is 5.73 Å². The van der Waals surface area contributed by atoms with Gasteiger partial charge >= 0.3 is 0 Å². The Morgan fingerprint density at radius 3 is 2.71 bits per heavy atom. The van der Waals surface area contributed by atoms with Crippen molar-refractivity contribution in [3.05, 3.63) is 41.6 Å². The predicted octanol–water partition coefficient (Wildman–Crippen LogP) is 1.75. The SMILES string of the molecule is CCc1cc(-c2cccc(CN)c2)nc(N)n1. The maximum Gasteiger partial charge on any atom is 0.220 e. The molecule has 4 N–H and O–H groups in total. The molecule has 88 valence electrons. The van der Waals surface area contributed by atoms with Gasteiger partial charge in [0.15, 0.2) is 0 Å². The van der Waals surface area contributed by atoms with E-state index in [1.54, 1.807) is 0 Å². The molecule has 0 saturated carbocycles. The van der Waals surface area contributed by atoms with Gasteiger partial charge in [-0.25, -0.2) is 9.97 Å². The molecule has 1 heterocycles. The van der Waals surface area contributed by atoms with Gasteiger partial charge in [0.25, 0.3) is 0 Å². The Labute approximate surface area is 101 Å². The van der Waals surface area contributed by atoms with E-state index in [1.165, 1.54) is 0 Å². The van der Waals surface area contributed by atoms with E-state index in [-0.39, 0.29) is 0 Å². The molecule has 0 aliphatic carbocycles. The zero-order valence-corrected chi connectivity index (χ0v) is 9.85. The van der Waals surface area contributed by atoms with Crippen LogP contribution < -0.4 is 11.5 Å². The molecular formula is C13H16N4. The highest BCUT2D eigenvalue weighted by Crippen LogP contribution is 2.20. The van der Waals surface area contributed by atoms with E-state index in [0.717, 1.165) is 28.9 Å². The van der Waals surface area contributed by atoms with Gasteiger partial charge in [-0.3, -0.25) is 0 Å². The van der Waals surface area contributed by atoms with Crippen LogP contribution in [0.3, 0.4) is 0 Å². The Kier molecular flexibility index (Phi) is 3.35. The zero-order chi connectivity index (χ0) is 12.3. The third-order valence-corrected chi connectivity index (χ3v) is 2.62. The van der Waals surface area contributed by atoms with Gasteiger partial charge in [0.1, 0.15) is 0 Å². The van der Waals surface area contributed by atoms with Gasteiger partial charge < -0.3 is 11.5 Å². The van der Waals surface area contributed by atoms with Crippen LogP contribution >= 0.6 is 0 Å². The molecule has 17 heavy (non-hydrogen) atoms. The second kappa shape index (κ2) is 4.93. The summed E-state index contributed by atoms with van der Waals surface area (Å²) < 4.78 is 0. The highest BCUT2D eigenvalue weighted by atomic mass is 15.0. The molecule has 4 heteroatoms. The molecule has 0 atom stereocenters. The smallest absolute Gasteiger partial charge is 0.220 e. The van der Waals surface area contributed by atoms with Crippen molar-refractivity contribution in [3.63, 3.8) is 0 Å². The number of rotatable bonds is 3. The van der Waals surface area contributed by atoms with Gasteiger partial charge in [-0.1, -0.05) is 25.1 Å². The van der Waals surface area contributed by atoms with E-state index in [9.17, 15) is 0 Å². The van der Waals surface area contributed by atoms with Crippen LogP contribution in [-0.2, 0) is 13.0 Å². The summed E-state index contributed by atoms with van der Waals surface area (Å²) in [4.78, 5) is 8.42. The topological polar surface area (TPSA) is 77.8 Å². The van der Waals surface area contributed by atoms with E-state index in [4.69, 9.17) is 11.5 Å². The fourth-order valence-electron chi connectivity index (χ4n) is 1.70. The minimum Gasteiger partial charge on any atom is -0.368 e. The number of nitrogens with two attached hydrogens (primary N) is 2. The molecule has 1 aromatic heterocycles. The van der Waals surface area contributed by atoms with E-state index >= 15 is 0 Å². The van der Waals surface area contributed by atoms with Gasteiger partial charge in [0, 0.05) is 17.8 Å². The number of aryl methyl sites for hydroxylation is 1. The molecule has 0 aliphatic rings. The maximum atomic E-state index is 5.70. The van der Waals surface area contributed by atoms with Crippen molar-refractivity contribution >= 4 is 5.95 Å². The molecule has 0 aliphatic heterocycles. The van der Waals surface area contributed by atoms with Crippen molar-refractivity contribution in [2.75, 3.05) is 5.73 Å². The first-order valence-electron chi connectivity index (χ1n) is 5.65. The first-order chi connectivity index (χ1) is 8.22. The van der Waals surface area contributed by atoms with Crippen molar-refractivity contribution in [3.8, 4) is 11.3 Å². The fourth-order valence-corrected chi connectivity index (χ4v) is 1.70. The minimum atomic E-state index is 0.317. The first-order valence-corrected chi connectivity index (χ1v) is 5.65. The number of benzene rings is 1. The molecular weight excluding hydrogens is 212 g/mol. The number of aromatic nitrogens is 2. The van der Waals surface area contributed by atoms with E-state index in [2.05, 4.69) is 9.97 Å². The molecule has 0 bridgehead atoms. The van der Waals surface area contributed by atoms with Gasteiger partial charge in [-0.15, -0.1) is 0 Å². The van der Waals surface area contributed by atoms with Gasteiger partial charge in [-0.2, -0.15) is 0 Å². The Balaban J connectivity index is 2.47. The molecule has 2 rings (SSSR count). The summed E-state index contributed by atoms with van der Waals surface area (Å²) in [5.41, 5.74) is 15.2. The first kappa shape index (κ1) is 11.5. The quantitative estimate of drug-likeness (QED) is 0.839. The van der Waals surface area contributed by atoms with E-state index < -0.39 is 0 Å². The van der Waals surface area contributed by atoms with Crippen LogP contribution in [-0.4, -0.2) is 9.97 Å². The summed E-state index contributed by atoms with van der Waals surface area (Å²) in [6.45, 7) is 2.57. The molecule has 1 aromatic carbocycles. The van der Waals surface area contributed by atoms with Crippen LogP contribution in [0.4, 0.5) is 5.95 Å². The van der Waals surface area contributed by atoms with E-state index in [0.29, 0.717) is 12.5 Å². The standard InChI is InChI=1S/C13H16N4/c1-2-11-7-12(17-13(15)16-11)10-5-3-4-9(6-10)8-14/h3-7H,2,8,14H2,1H3,(H2,15,16,17). The third kappa shape index (κ3) is 2.60. The van der Waals surface area contributed by atoms with Crippen molar-refractivity contribution < 1.29 is 0 Å². The van der Waals surface area contributed by atoms with Crippen molar-refractivity contribution in [1.29, 1.82) is 0 Å². The lowest BCUT2D eigenvalue weighted by Crippen LogP contribution is -2.01. The van der Waals surface area contributed by atoms with Crippen LogP contribution in [0, 0.1) is 0 Å². The molecule has 0 amide bonds. The summed E-state index contributed by atoms with van der Waals surface area (Å²) >= 11 is 0. The number of anilines is 1. The zero-order valence-electron chi connectivity index (χ0n) is 9.85. The summed E-state index contributed by atoms with van der Waals surface area (Å²) in [6, 6.07) is 9.96. The lowest BCUT2D eigenvalue weighted by atomic mass is 10.1. The molecule has 0 unspecified atom stereocenters. The summed E-state index contributed by atoms with van der Waals surface area (Å²) in [5.74, 6) is 0.317. The average Bonchev–Trinajstić information content (AvgIpc) is 2.38. The Morgan fingerprint density at radius 1 is 1.18 bits per heavy atom. The maximum absolute atomic E-state index is 5.70. The van der Waals surface area contributed by atoms with Crippen molar-refractivity contribution in [2.45, 2.75) is 19.9 Å².